The van der Waals surface area contributed by atoms with Gasteiger partial charge in [-0.15, -0.1) is 0 Å². The van der Waals surface area contributed by atoms with Crippen molar-refractivity contribution < 1.29 is 33.5 Å². The molecular weight excluding hydrogens is 424 g/mol. The van der Waals surface area contributed by atoms with Gasteiger partial charge in [0.15, 0.2) is 6.29 Å². The molecule has 0 aliphatic rings. The fraction of sp³-hybridized carbons (Fsp3) is 1.00. The molecule has 1 atom stereocenters. The highest BCUT2D eigenvalue weighted by Gasteiger charge is 2.03. The molecule has 0 heterocycles. The molecule has 7 nitrogen and oxygen atoms in total. The zero-order valence-corrected chi connectivity index (χ0v) is 21.7. The van der Waals surface area contributed by atoms with Crippen molar-refractivity contribution in [2.45, 2.75) is 97.2 Å². The van der Waals surface area contributed by atoms with E-state index in [4.69, 9.17) is 28.4 Å². The van der Waals surface area contributed by atoms with Crippen molar-refractivity contribution in [2.75, 3.05) is 72.7 Å². The second-order valence-electron chi connectivity index (χ2n) is 8.30. The minimum Gasteiger partial charge on any atom is -0.379 e. The molecule has 0 spiro atoms. The number of aliphatic hydroxyl groups is 1. The molecule has 0 saturated heterocycles. The quantitative estimate of drug-likeness (QED) is 0.118. The maximum absolute atomic E-state index is 9.88. The summed E-state index contributed by atoms with van der Waals surface area (Å²) in [5.74, 6) is 0. The fourth-order valence-corrected chi connectivity index (χ4v) is 3.33. The average Bonchev–Trinajstić information content (AvgIpc) is 2.82. The molecule has 0 aliphatic heterocycles. The van der Waals surface area contributed by atoms with E-state index in [9.17, 15) is 5.11 Å². The van der Waals surface area contributed by atoms with Crippen molar-refractivity contribution in [1.82, 2.24) is 0 Å². The van der Waals surface area contributed by atoms with E-state index in [1.807, 2.05) is 6.92 Å². The summed E-state index contributed by atoms with van der Waals surface area (Å²) in [5.41, 5.74) is 0. The molecule has 0 aromatic heterocycles. The number of hydrogen-bond donors (Lipinski definition) is 1. The van der Waals surface area contributed by atoms with Crippen LogP contribution in [0.2, 0.25) is 0 Å². The first-order valence-electron chi connectivity index (χ1n) is 13.5. The van der Waals surface area contributed by atoms with E-state index in [0.717, 1.165) is 13.0 Å². The number of rotatable bonds is 29. The number of hydrogen-bond acceptors (Lipinski definition) is 7. The van der Waals surface area contributed by atoms with Crippen LogP contribution in [0.4, 0.5) is 0 Å². The number of ether oxygens (including phenoxy) is 6. The first-order valence-corrected chi connectivity index (χ1v) is 13.5. The van der Waals surface area contributed by atoms with E-state index in [2.05, 4.69) is 6.92 Å². The van der Waals surface area contributed by atoms with Gasteiger partial charge in [-0.25, -0.2) is 0 Å². The molecule has 0 saturated carbocycles. The van der Waals surface area contributed by atoms with Gasteiger partial charge in [-0.2, -0.15) is 0 Å². The van der Waals surface area contributed by atoms with Crippen LogP contribution in [-0.4, -0.2) is 84.1 Å². The van der Waals surface area contributed by atoms with Gasteiger partial charge >= 0.3 is 0 Å². The van der Waals surface area contributed by atoms with Gasteiger partial charge in [0.25, 0.3) is 0 Å². The first kappa shape index (κ1) is 32.7. The zero-order chi connectivity index (χ0) is 24.1. The third-order valence-electron chi connectivity index (χ3n) is 5.28. The molecular formula is C26H54O7. The molecule has 7 heteroatoms. The molecule has 33 heavy (non-hydrogen) atoms. The highest BCUT2D eigenvalue weighted by Crippen LogP contribution is 2.12. The maximum Gasteiger partial charge on any atom is 0.154 e. The van der Waals surface area contributed by atoms with Crippen molar-refractivity contribution in [2.24, 2.45) is 0 Å². The Bertz CT molecular complexity index is 345. The molecule has 1 N–H and O–H groups in total. The van der Waals surface area contributed by atoms with Crippen molar-refractivity contribution >= 4 is 0 Å². The van der Waals surface area contributed by atoms with E-state index < -0.39 is 6.29 Å². The largest absolute Gasteiger partial charge is 0.379 e. The van der Waals surface area contributed by atoms with Crippen LogP contribution in [0.3, 0.4) is 0 Å². The first-order chi connectivity index (χ1) is 16.3. The summed E-state index contributed by atoms with van der Waals surface area (Å²) in [6.07, 6.45) is 14.4. The van der Waals surface area contributed by atoms with Gasteiger partial charge in [0.05, 0.1) is 66.1 Å². The normalized spacial score (nSPS) is 12.5. The summed E-state index contributed by atoms with van der Waals surface area (Å²) in [6, 6.07) is 0. The minimum absolute atomic E-state index is 0.408. The van der Waals surface area contributed by atoms with Crippen molar-refractivity contribution in [1.29, 1.82) is 0 Å². The van der Waals surface area contributed by atoms with E-state index in [1.165, 1.54) is 64.2 Å². The van der Waals surface area contributed by atoms with Crippen LogP contribution in [0.5, 0.6) is 0 Å². The van der Waals surface area contributed by atoms with Crippen molar-refractivity contribution in [3.8, 4) is 0 Å². The summed E-state index contributed by atoms with van der Waals surface area (Å²) in [4.78, 5) is 0. The summed E-state index contributed by atoms with van der Waals surface area (Å²) < 4.78 is 32.2. The highest BCUT2D eigenvalue weighted by atomic mass is 16.6. The van der Waals surface area contributed by atoms with Gasteiger partial charge in [0.1, 0.15) is 0 Å². The molecule has 200 valence electrons. The monoisotopic (exact) mass is 478 g/mol. The van der Waals surface area contributed by atoms with Crippen LogP contribution in [-0.2, 0) is 28.4 Å². The number of unbranched alkanes of at least 4 members (excludes halogenated alkanes) is 10. The summed E-state index contributed by atoms with van der Waals surface area (Å²) >= 11 is 0. The van der Waals surface area contributed by atoms with Gasteiger partial charge in [-0.1, -0.05) is 71.1 Å². The van der Waals surface area contributed by atoms with Crippen molar-refractivity contribution in [3.05, 3.63) is 0 Å². The SMILES string of the molecule is CCCCCCCCCCCCCC(O)OCCOCCOCCOCCOCCOCC. The Labute approximate surface area is 203 Å². The van der Waals surface area contributed by atoms with E-state index >= 15 is 0 Å². The molecule has 0 aromatic carbocycles. The summed E-state index contributed by atoms with van der Waals surface area (Å²) in [6.45, 7) is 10.3. The Morgan fingerprint density at radius 1 is 0.455 bits per heavy atom. The molecule has 0 radical (unpaired) electrons. The van der Waals surface area contributed by atoms with Gasteiger partial charge in [0, 0.05) is 6.61 Å². The zero-order valence-electron chi connectivity index (χ0n) is 21.7. The third-order valence-corrected chi connectivity index (χ3v) is 5.28. The van der Waals surface area contributed by atoms with Crippen LogP contribution in [0, 0.1) is 0 Å². The fourth-order valence-electron chi connectivity index (χ4n) is 3.33. The standard InChI is InChI=1S/C26H54O7/c1-3-5-6-7-8-9-10-11-12-13-14-15-26(27)33-25-24-32-23-22-31-21-20-30-19-18-29-17-16-28-4-2/h26-27H,3-25H2,1-2H3. The second-order valence-corrected chi connectivity index (χ2v) is 8.30. The Morgan fingerprint density at radius 2 is 0.818 bits per heavy atom. The molecule has 0 bridgehead atoms. The predicted molar refractivity (Wildman–Crippen MR) is 133 cm³/mol. The lowest BCUT2D eigenvalue weighted by Gasteiger charge is -2.12. The minimum atomic E-state index is -0.677. The van der Waals surface area contributed by atoms with Gasteiger partial charge in [-0.05, 0) is 19.8 Å². The second kappa shape index (κ2) is 29.8. The van der Waals surface area contributed by atoms with Crippen LogP contribution >= 0.6 is 0 Å². The highest BCUT2D eigenvalue weighted by molar-refractivity contribution is 4.50. The average molecular weight is 479 g/mol. The van der Waals surface area contributed by atoms with E-state index in [0.29, 0.717) is 72.5 Å². The van der Waals surface area contributed by atoms with Crippen LogP contribution < -0.4 is 0 Å². The van der Waals surface area contributed by atoms with Gasteiger partial charge < -0.3 is 33.5 Å². The van der Waals surface area contributed by atoms with Crippen LogP contribution in [0.25, 0.3) is 0 Å². The predicted octanol–water partition coefficient (Wildman–Crippen LogP) is 5.13. The smallest absolute Gasteiger partial charge is 0.154 e. The third kappa shape index (κ3) is 29.7. The van der Waals surface area contributed by atoms with Gasteiger partial charge in [-0.3, -0.25) is 0 Å². The molecule has 0 rings (SSSR count). The Hall–Kier alpha value is -0.280. The topological polar surface area (TPSA) is 75.6 Å². The van der Waals surface area contributed by atoms with Crippen molar-refractivity contribution in [3.63, 3.8) is 0 Å². The van der Waals surface area contributed by atoms with E-state index in [-0.39, 0.29) is 0 Å². The molecule has 0 fully saturated rings. The van der Waals surface area contributed by atoms with Gasteiger partial charge in [0.2, 0.25) is 0 Å². The lowest BCUT2D eigenvalue weighted by molar-refractivity contribution is -0.118. The Balaban J connectivity index is 3.12. The number of aliphatic hydroxyl groups excluding tert-OH is 1. The summed E-state index contributed by atoms with van der Waals surface area (Å²) in [5, 5.41) is 9.88. The van der Waals surface area contributed by atoms with Crippen LogP contribution in [0.15, 0.2) is 0 Å². The molecule has 1 unspecified atom stereocenters. The lowest BCUT2D eigenvalue weighted by Crippen LogP contribution is -2.17. The Kier molecular flexibility index (Phi) is 29.5. The Morgan fingerprint density at radius 3 is 1.24 bits per heavy atom. The summed E-state index contributed by atoms with van der Waals surface area (Å²) in [7, 11) is 0. The molecule has 0 amide bonds. The maximum atomic E-state index is 9.88. The molecule has 0 aliphatic carbocycles. The van der Waals surface area contributed by atoms with Crippen LogP contribution in [0.1, 0.15) is 90.9 Å². The molecule has 0 aromatic rings. The van der Waals surface area contributed by atoms with E-state index in [1.54, 1.807) is 0 Å². The lowest BCUT2D eigenvalue weighted by atomic mass is 10.1.